The molecule has 1 aromatic carbocycles. The minimum absolute atomic E-state index is 0.289. The van der Waals surface area contributed by atoms with Gasteiger partial charge in [0, 0.05) is 23.6 Å². The number of aromatic nitrogens is 1. The predicted molar refractivity (Wildman–Crippen MR) is 55.5 cm³/mol. The highest BCUT2D eigenvalue weighted by molar-refractivity contribution is 5.86. The number of hydrogen-bond acceptors (Lipinski definition) is 2. The Balaban J connectivity index is 2.33. The number of hydrogen-bond donors (Lipinski definition) is 0. The van der Waals surface area contributed by atoms with Crippen molar-refractivity contribution in [3.05, 3.63) is 36.0 Å². The smallest absolute Gasteiger partial charge is 0.133 e. The molecule has 70 valence electrons. The molecule has 2 nitrogen and oxygen atoms in total. The Morgan fingerprint density at radius 1 is 1.36 bits per heavy atom. The normalized spacial score (nSPS) is 19.4. The van der Waals surface area contributed by atoms with Gasteiger partial charge in [-0.3, -0.25) is 4.98 Å². The first-order chi connectivity index (χ1) is 6.84. The van der Waals surface area contributed by atoms with Gasteiger partial charge < -0.3 is 4.74 Å². The number of ether oxygens (including phenoxy) is 1. The summed E-state index contributed by atoms with van der Waals surface area (Å²) in [5.41, 5.74) is 2.25. The number of fused-ring (bicyclic) bond motifs is 3. The molecular weight excluding hydrogens is 174 g/mol. The molecule has 14 heavy (non-hydrogen) atoms. The summed E-state index contributed by atoms with van der Waals surface area (Å²) in [7, 11) is 0. The van der Waals surface area contributed by atoms with E-state index in [0.717, 1.165) is 23.1 Å². The minimum Gasteiger partial charge on any atom is -0.489 e. The van der Waals surface area contributed by atoms with Crippen LogP contribution in [0.5, 0.6) is 5.75 Å². The summed E-state index contributed by atoms with van der Waals surface area (Å²) in [4.78, 5) is 4.41. The third-order valence-electron chi connectivity index (χ3n) is 2.63. The maximum atomic E-state index is 5.78. The fourth-order valence-electron chi connectivity index (χ4n) is 1.99. The van der Waals surface area contributed by atoms with Crippen molar-refractivity contribution >= 4 is 10.9 Å². The van der Waals surface area contributed by atoms with Crippen LogP contribution in [0.4, 0.5) is 0 Å². The lowest BCUT2D eigenvalue weighted by Gasteiger charge is -2.05. The lowest BCUT2D eigenvalue weighted by atomic mass is 10.1. The minimum atomic E-state index is 0.289. The van der Waals surface area contributed by atoms with E-state index in [-0.39, 0.29) is 6.10 Å². The fraction of sp³-hybridized carbons (Fsp3) is 0.250. The quantitative estimate of drug-likeness (QED) is 0.629. The molecule has 1 aromatic heterocycles. The monoisotopic (exact) mass is 185 g/mol. The summed E-state index contributed by atoms with van der Waals surface area (Å²) >= 11 is 0. The summed E-state index contributed by atoms with van der Waals surface area (Å²) in [6.45, 7) is 2.09. The molecule has 0 fully saturated rings. The second-order valence-corrected chi connectivity index (χ2v) is 3.76. The Hall–Kier alpha value is -1.57. The van der Waals surface area contributed by atoms with Gasteiger partial charge in [0.25, 0.3) is 0 Å². The molecule has 0 amide bonds. The maximum absolute atomic E-state index is 5.78. The zero-order valence-corrected chi connectivity index (χ0v) is 8.03. The zero-order valence-electron chi connectivity index (χ0n) is 8.03. The highest BCUT2D eigenvalue weighted by atomic mass is 16.5. The summed E-state index contributed by atoms with van der Waals surface area (Å²) in [6, 6.07) is 8.11. The molecule has 0 aliphatic carbocycles. The van der Waals surface area contributed by atoms with Crippen LogP contribution >= 0.6 is 0 Å². The molecule has 1 aliphatic heterocycles. The van der Waals surface area contributed by atoms with Crippen molar-refractivity contribution in [3.63, 3.8) is 0 Å². The molecular formula is C12H11NO. The Bertz CT molecular complexity index is 493. The van der Waals surface area contributed by atoms with Gasteiger partial charge in [-0.05, 0) is 19.1 Å². The molecule has 0 N–H and O–H groups in total. The molecule has 0 bridgehead atoms. The van der Waals surface area contributed by atoms with Crippen LogP contribution in [-0.2, 0) is 6.42 Å². The second kappa shape index (κ2) is 2.71. The Labute approximate surface area is 82.5 Å². The van der Waals surface area contributed by atoms with E-state index in [0.29, 0.717) is 0 Å². The van der Waals surface area contributed by atoms with Crippen LogP contribution in [0.2, 0.25) is 0 Å². The van der Waals surface area contributed by atoms with Crippen molar-refractivity contribution in [2.75, 3.05) is 0 Å². The number of pyridine rings is 1. The molecule has 0 radical (unpaired) electrons. The van der Waals surface area contributed by atoms with Crippen molar-refractivity contribution in [3.8, 4) is 5.75 Å². The number of benzene rings is 1. The van der Waals surface area contributed by atoms with Gasteiger partial charge in [-0.1, -0.05) is 12.1 Å². The van der Waals surface area contributed by atoms with Crippen LogP contribution in [0.25, 0.3) is 10.9 Å². The van der Waals surface area contributed by atoms with Crippen molar-refractivity contribution in [1.29, 1.82) is 0 Å². The summed E-state index contributed by atoms with van der Waals surface area (Å²) < 4.78 is 5.78. The summed E-state index contributed by atoms with van der Waals surface area (Å²) in [6.07, 6.45) is 3.20. The zero-order chi connectivity index (χ0) is 9.54. The van der Waals surface area contributed by atoms with Crippen LogP contribution < -0.4 is 4.74 Å². The van der Waals surface area contributed by atoms with E-state index >= 15 is 0 Å². The molecule has 2 heteroatoms. The Kier molecular flexibility index (Phi) is 1.51. The third-order valence-corrected chi connectivity index (χ3v) is 2.63. The van der Waals surface area contributed by atoms with E-state index in [1.807, 2.05) is 24.4 Å². The number of rotatable bonds is 0. The van der Waals surface area contributed by atoms with Gasteiger partial charge in [0.05, 0.1) is 5.52 Å². The van der Waals surface area contributed by atoms with E-state index in [1.165, 1.54) is 5.56 Å². The highest BCUT2D eigenvalue weighted by Gasteiger charge is 2.21. The van der Waals surface area contributed by atoms with Crippen LogP contribution in [-0.4, -0.2) is 11.1 Å². The van der Waals surface area contributed by atoms with E-state index < -0.39 is 0 Å². The van der Waals surface area contributed by atoms with Gasteiger partial charge in [0.15, 0.2) is 0 Å². The molecule has 3 rings (SSSR count). The average molecular weight is 185 g/mol. The Morgan fingerprint density at radius 2 is 2.21 bits per heavy atom. The van der Waals surface area contributed by atoms with Gasteiger partial charge in [0.1, 0.15) is 11.9 Å². The fourth-order valence-corrected chi connectivity index (χ4v) is 1.99. The average Bonchev–Trinajstić information content (AvgIpc) is 2.59. The van der Waals surface area contributed by atoms with E-state index in [4.69, 9.17) is 4.74 Å². The van der Waals surface area contributed by atoms with Crippen LogP contribution in [0.1, 0.15) is 12.5 Å². The largest absolute Gasteiger partial charge is 0.489 e. The van der Waals surface area contributed by atoms with E-state index in [1.54, 1.807) is 0 Å². The molecule has 2 heterocycles. The molecule has 0 saturated carbocycles. The molecule has 2 aromatic rings. The van der Waals surface area contributed by atoms with Crippen molar-refractivity contribution < 1.29 is 4.74 Å². The van der Waals surface area contributed by atoms with E-state index in [9.17, 15) is 0 Å². The SMILES string of the molecule is CC1Cc2cnc3ccccc3c2O1. The maximum Gasteiger partial charge on any atom is 0.133 e. The first kappa shape index (κ1) is 7.80. The van der Waals surface area contributed by atoms with E-state index in [2.05, 4.69) is 18.0 Å². The van der Waals surface area contributed by atoms with Gasteiger partial charge in [-0.2, -0.15) is 0 Å². The molecule has 0 spiro atoms. The molecule has 1 atom stereocenters. The van der Waals surface area contributed by atoms with Crippen LogP contribution in [0.3, 0.4) is 0 Å². The lowest BCUT2D eigenvalue weighted by molar-refractivity contribution is 0.257. The predicted octanol–water partition coefficient (Wildman–Crippen LogP) is 2.56. The van der Waals surface area contributed by atoms with Crippen LogP contribution in [0, 0.1) is 0 Å². The molecule has 0 saturated heterocycles. The first-order valence-electron chi connectivity index (χ1n) is 4.88. The number of para-hydroxylation sites is 1. The standard InChI is InChI=1S/C12H11NO/c1-8-6-9-7-13-11-5-3-2-4-10(11)12(9)14-8/h2-5,7-8H,6H2,1H3. The second-order valence-electron chi connectivity index (χ2n) is 3.76. The van der Waals surface area contributed by atoms with Gasteiger partial charge >= 0.3 is 0 Å². The van der Waals surface area contributed by atoms with Gasteiger partial charge in [-0.15, -0.1) is 0 Å². The van der Waals surface area contributed by atoms with Crippen molar-refractivity contribution in [1.82, 2.24) is 4.98 Å². The third kappa shape index (κ3) is 1.00. The number of nitrogens with zero attached hydrogens (tertiary/aromatic N) is 1. The Morgan fingerprint density at radius 3 is 3.14 bits per heavy atom. The topological polar surface area (TPSA) is 22.1 Å². The van der Waals surface area contributed by atoms with Crippen molar-refractivity contribution in [2.24, 2.45) is 0 Å². The highest BCUT2D eigenvalue weighted by Crippen LogP contribution is 2.34. The summed E-state index contributed by atoms with van der Waals surface area (Å²) in [5, 5.41) is 1.13. The van der Waals surface area contributed by atoms with Gasteiger partial charge in [-0.25, -0.2) is 0 Å². The molecule has 1 aliphatic rings. The summed E-state index contributed by atoms with van der Waals surface area (Å²) in [5.74, 6) is 1.03. The first-order valence-corrected chi connectivity index (χ1v) is 4.88. The van der Waals surface area contributed by atoms with Crippen LogP contribution in [0.15, 0.2) is 30.5 Å². The van der Waals surface area contributed by atoms with Crippen molar-refractivity contribution in [2.45, 2.75) is 19.4 Å². The lowest BCUT2D eigenvalue weighted by Crippen LogP contribution is -2.05. The van der Waals surface area contributed by atoms with Gasteiger partial charge in [0.2, 0.25) is 0 Å². The molecule has 1 unspecified atom stereocenters.